The average Bonchev–Trinajstić information content (AvgIpc) is 3.15. The monoisotopic (exact) mass is 293 g/mol. The van der Waals surface area contributed by atoms with Crippen molar-refractivity contribution < 1.29 is 23.3 Å². The number of ether oxygens (including phenoxy) is 1. The summed E-state index contributed by atoms with van der Waals surface area (Å²) < 4.78 is 14.8. The minimum Gasteiger partial charge on any atom is -0.461 e. The van der Waals surface area contributed by atoms with Crippen LogP contribution < -0.4 is 0 Å². The first-order valence-corrected chi connectivity index (χ1v) is 6.33. The molecule has 8 heteroatoms. The van der Waals surface area contributed by atoms with Gasteiger partial charge in [0, 0.05) is 13.7 Å². The van der Waals surface area contributed by atoms with E-state index in [1.165, 1.54) is 24.3 Å². The highest BCUT2D eigenvalue weighted by atomic mass is 16.5. The van der Waals surface area contributed by atoms with Crippen molar-refractivity contribution in [2.45, 2.75) is 20.1 Å². The Hall–Kier alpha value is -2.48. The Morgan fingerprint density at radius 3 is 2.86 bits per heavy atom. The molecule has 21 heavy (non-hydrogen) atoms. The number of hydrogen-bond donors (Lipinski definition) is 0. The van der Waals surface area contributed by atoms with Gasteiger partial charge in [-0.05, 0) is 19.1 Å². The first-order chi connectivity index (χ1) is 10.2. The second-order valence-corrected chi connectivity index (χ2v) is 4.16. The van der Waals surface area contributed by atoms with E-state index >= 15 is 0 Å². The fraction of sp³-hybridized carbons (Fsp3) is 0.385. The lowest BCUT2D eigenvalue weighted by atomic mass is 10.2. The molecular weight excluding hydrogens is 278 g/mol. The van der Waals surface area contributed by atoms with Crippen LogP contribution in [0.15, 0.2) is 27.3 Å². The lowest BCUT2D eigenvalue weighted by Crippen LogP contribution is -2.36. The van der Waals surface area contributed by atoms with Crippen molar-refractivity contribution in [3.05, 3.63) is 35.9 Å². The summed E-state index contributed by atoms with van der Waals surface area (Å²) in [5.41, 5.74) is 0. The molecule has 0 saturated heterocycles. The van der Waals surface area contributed by atoms with Crippen molar-refractivity contribution in [1.29, 1.82) is 0 Å². The van der Waals surface area contributed by atoms with E-state index in [2.05, 4.69) is 10.1 Å². The zero-order valence-corrected chi connectivity index (χ0v) is 11.7. The number of aromatic nitrogens is 2. The molecule has 8 nitrogen and oxygen atoms in total. The second-order valence-electron chi connectivity index (χ2n) is 4.16. The Labute approximate surface area is 120 Å². The summed E-state index contributed by atoms with van der Waals surface area (Å²) in [6.07, 6.45) is 1.34. The molecule has 0 aromatic carbocycles. The molecule has 0 atom stereocenters. The van der Waals surface area contributed by atoms with E-state index in [1.807, 2.05) is 0 Å². The molecule has 0 unspecified atom stereocenters. The maximum absolute atomic E-state index is 12.1. The van der Waals surface area contributed by atoms with Crippen LogP contribution in [0.25, 0.3) is 0 Å². The highest BCUT2D eigenvalue weighted by molar-refractivity contribution is 6.41. The summed E-state index contributed by atoms with van der Waals surface area (Å²) in [6.45, 7) is 2.35. The fourth-order valence-electron chi connectivity index (χ4n) is 1.69. The third-order valence-corrected chi connectivity index (χ3v) is 2.72. The maximum Gasteiger partial charge on any atom is 0.298 e. The van der Waals surface area contributed by atoms with Crippen LogP contribution in [0.2, 0.25) is 0 Å². The number of amides is 1. The summed E-state index contributed by atoms with van der Waals surface area (Å²) in [5.74, 6) is -0.765. The Morgan fingerprint density at radius 2 is 2.24 bits per heavy atom. The summed E-state index contributed by atoms with van der Waals surface area (Å²) in [5, 5.41) is 3.69. The molecule has 112 valence electrons. The van der Waals surface area contributed by atoms with E-state index in [9.17, 15) is 9.59 Å². The van der Waals surface area contributed by atoms with Crippen LogP contribution in [0, 0.1) is 0 Å². The third kappa shape index (κ3) is 3.54. The molecule has 0 aliphatic carbocycles. The van der Waals surface area contributed by atoms with Crippen LogP contribution in [-0.2, 0) is 22.7 Å². The first-order valence-electron chi connectivity index (χ1n) is 6.33. The molecule has 2 rings (SSSR count). The van der Waals surface area contributed by atoms with Crippen LogP contribution in [0.4, 0.5) is 0 Å². The topological polar surface area (TPSA) is 98.7 Å². The Morgan fingerprint density at radius 1 is 1.43 bits per heavy atom. The number of nitrogens with zero attached hydrogens (tertiary/aromatic N) is 3. The highest BCUT2D eigenvalue weighted by Crippen LogP contribution is 2.08. The van der Waals surface area contributed by atoms with E-state index in [0.717, 1.165) is 0 Å². The molecule has 0 aliphatic heterocycles. The highest BCUT2D eigenvalue weighted by Gasteiger charge is 2.25. The number of Topliss-reactive ketones (excluding diaryl/α,β-unsaturated/α-hetero) is 1. The normalized spacial score (nSPS) is 10.6. The zero-order valence-electron chi connectivity index (χ0n) is 11.7. The van der Waals surface area contributed by atoms with Gasteiger partial charge in [-0.25, -0.2) is 0 Å². The number of carbonyl (C=O) groups is 2. The van der Waals surface area contributed by atoms with Crippen LogP contribution in [0.1, 0.15) is 29.2 Å². The molecular formula is C13H15N3O5. The minimum atomic E-state index is -0.710. The van der Waals surface area contributed by atoms with Gasteiger partial charge in [-0.2, -0.15) is 4.98 Å². The van der Waals surface area contributed by atoms with Gasteiger partial charge in [0.2, 0.25) is 5.89 Å². The van der Waals surface area contributed by atoms with Crippen LogP contribution in [-0.4, -0.2) is 40.4 Å². The van der Waals surface area contributed by atoms with Crippen molar-refractivity contribution in [2.75, 3.05) is 13.7 Å². The van der Waals surface area contributed by atoms with E-state index < -0.39 is 11.7 Å². The maximum atomic E-state index is 12.1. The van der Waals surface area contributed by atoms with Crippen molar-refractivity contribution >= 4 is 11.7 Å². The predicted octanol–water partition coefficient (Wildman–Crippen LogP) is 1.04. The molecule has 0 saturated carbocycles. The fourth-order valence-corrected chi connectivity index (χ4v) is 1.69. The SMILES string of the molecule is CCN(Cc1nc(COC)no1)C(=O)C(=O)c1ccco1. The Balaban J connectivity index is 2.04. The summed E-state index contributed by atoms with van der Waals surface area (Å²) in [4.78, 5) is 29.4. The summed E-state index contributed by atoms with van der Waals surface area (Å²) in [6, 6.07) is 2.99. The number of furan rings is 1. The molecule has 0 fully saturated rings. The average molecular weight is 293 g/mol. The summed E-state index contributed by atoms with van der Waals surface area (Å²) in [7, 11) is 1.51. The van der Waals surface area contributed by atoms with Crippen LogP contribution in [0.5, 0.6) is 0 Å². The number of rotatable bonds is 7. The van der Waals surface area contributed by atoms with Crippen molar-refractivity contribution in [2.24, 2.45) is 0 Å². The van der Waals surface area contributed by atoms with Crippen LogP contribution in [0.3, 0.4) is 0 Å². The summed E-state index contributed by atoms with van der Waals surface area (Å²) >= 11 is 0. The molecule has 1 amide bonds. The predicted molar refractivity (Wildman–Crippen MR) is 69.1 cm³/mol. The van der Waals surface area contributed by atoms with Gasteiger partial charge in [0.1, 0.15) is 13.2 Å². The zero-order chi connectivity index (χ0) is 15.2. The van der Waals surface area contributed by atoms with Gasteiger partial charge in [0.15, 0.2) is 11.6 Å². The van der Waals surface area contributed by atoms with Gasteiger partial charge < -0.3 is 18.6 Å². The van der Waals surface area contributed by atoms with Gasteiger partial charge in [-0.1, -0.05) is 5.16 Å². The van der Waals surface area contributed by atoms with Gasteiger partial charge in [-0.15, -0.1) is 0 Å². The molecule has 0 spiro atoms. The number of hydrogen-bond acceptors (Lipinski definition) is 7. The molecule has 2 heterocycles. The van der Waals surface area contributed by atoms with Gasteiger partial charge in [0.25, 0.3) is 11.7 Å². The lowest BCUT2D eigenvalue weighted by molar-refractivity contribution is -0.127. The van der Waals surface area contributed by atoms with Gasteiger partial charge >= 0.3 is 0 Å². The Kier molecular flexibility index (Phi) is 4.83. The number of ketones is 1. The number of methoxy groups -OCH3 is 1. The van der Waals surface area contributed by atoms with Crippen molar-refractivity contribution in [1.82, 2.24) is 15.0 Å². The smallest absolute Gasteiger partial charge is 0.298 e. The lowest BCUT2D eigenvalue weighted by Gasteiger charge is -2.16. The number of likely N-dealkylation sites (N-methyl/N-ethyl adjacent to an activating group) is 1. The first kappa shape index (κ1) is 14.9. The van der Waals surface area contributed by atoms with Crippen LogP contribution >= 0.6 is 0 Å². The van der Waals surface area contributed by atoms with Gasteiger partial charge in [0.05, 0.1) is 6.26 Å². The van der Waals surface area contributed by atoms with E-state index in [-0.39, 0.29) is 24.8 Å². The van der Waals surface area contributed by atoms with Crippen molar-refractivity contribution in [3.8, 4) is 0 Å². The molecule has 2 aromatic heterocycles. The quantitative estimate of drug-likeness (QED) is 0.555. The largest absolute Gasteiger partial charge is 0.461 e. The standard InChI is InChI=1S/C13H15N3O5/c1-3-16(7-11-14-10(8-19-2)15-21-11)13(18)12(17)9-5-4-6-20-9/h4-6H,3,7-8H2,1-2H3. The molecule has 0 radical (unpaired) electrons. The molecule has 0 N–H and O–H groups in total. The Bertz CT molecular complexity index is 605. The van der Waals surface area contributed by atoms with Crippen molar-refractivity contribution in [3.63, 3.8) is 0 Å². The van der Waals surface area contributed by atoms with E-state index in [4.69, 9.17) is 13.7 Å². The second kappa shape index (κ2) is 6.80. The minimum absolute atomic E-state index is 0.00375. The third-order valence-electron chi connectivity index (χ3n) is 2.72. The molecule has 0 bridgehead atoms. The molecule has 0 aliphatic rings. The van der Waals surface area contributed by atoms with E-state index in [1.54, 1.807) is 13.0 Å². The molecule has 2 aromatic rings. The number of carbonyl (C=O) groups excluding carboxylic acids is 2. The van der Waals surface area contributed by atoms with E-state index in [0.29, 0.717) is 12.4 Å². The van der Waals surface area contributed by atoms with Gasteiger partial charge in [-0.3, -0.25) is 9.59 Å².